The molecule has 0 amide bonds. The SMILES string of the molecule is Cc1ccc2c(=O)[nH]c(=O)[nH]c2c1C. The molecule has 0 saturated heterocycles. The third kappa shape index (κ3) is 1.16. The second-order valence-corrected chi connectivity index (χ2v) is 3.34. The molecule has 0 fully saturated rings. The van der Waals surface area contributed by atoms with E-state index < -0.39 is 5.69 Å². The molecule has 1 aromatic heterocycles. The number of hydrogen-bond acceptors (Lipinski definition) is 2. The number of aromatic nitrogens is 2. The van der Waals surface area contributed by atoms with Crippen LogP contribution in [0.15, 0.2) is 21.7 Å². The molecule has 4 nitrogen and oxygen atoms in total. The maximum absolute atomic E-state index is 11.4. The van der Waals surface area contributed by atoms with E-state index >= 15 is 0 Å². The third-order valence-electron chi connectivity index (χ3n) is 2.45. The van der Waals surface area contributed by atoms with E-state index in [1.165, 1.54) is 0 Å². The summed E-state index contributed by atoms with van der Waals surface area (Å²) >= 11 is 0. The minimum absolute atomic E-state index is 0.341. The summed E-state index contributed by atoms with van der Waals surface area (Å²) in [5.41, 5.74) is 1.81. The Hall–Kier alpha value is -1.84. The number of hydrogen-bond donors (Lipinski definition) is 2. The molecular weight excluding hydrogens is 180 g/mol. The van der Waals surface area contributed by atoms with Gasteiger partial charge < -0.3 is 4.98 Å². The predicted octanol–water partition coefficient (Wildman–Crippen LogP) is 0.833. The van der Waals surface area contributed by atoms with Crippen LogP contribution in [0.25, 0.3) is 10.9 Å². The molecule has 0 aliphatic carbocycles. The molecule has 0 radical (unpaired) electrons. The molecule has 14 heavy (non-hydrogen) atoms. The zero-order valence-electron chi connectivity index (χ0n) is 7.97. The van der Waals surface area contributed by atoms with Crippen molar-refractivity contribution in [2.24, 2.45) is 0 Å². The number of H-pyrrole nitrogens is 2. The summed E-state index contributed by atoms with van der Waals surface area (Å²) < 4.78 is 0. The Kier molecular flexibility index (Phi) is 1.77. The van der Waals surface area contributed by atoms with Crippen LogP contribution in [-0.2, 0) is 0 Å². The molecule has 2 aromatic rings. The Balaban J connectivity index is 3.10. The molecule has 0 bridgehead atoms. The lowest BCUT2D eigenvalue weighted by Crippen LogP contribution is -2.22. The molecule has 0 unspecified atom stereocenters. The van der Waals surface area contributed by atoms with E-state index in [9.17, 15) is 9.59 Å². The van der Waals surface area contributed by atoms with Crippen LogP contribution in [0.4, 0.5) is 0 Å². The number of fused-ring (bicyclic) bond motifs is 1. The first kappa shape index (κ1) is 8.74. The zero-order chi connectivity index (χ0) is 10.3. The lowest BCUT2D eigenvalue weighted by Gasteiger charge is -2.03. The predicted molar refractivity (Wildman–Crippen MR) is 54.7 cm³/mol. The summed E-state index contributed by atoms with van der Waals surface area (Å²) in [7, 11) is 0. The topological polar surface area (TPSA) is 65.7 Å². The van der Waals surface area contributed by atoms with E-state index in [2.05, 4.69) is 9.97 Å². The maximum atomic E-state index is 11.4. The van der Waals surface area contributed by atoms with E-state index in [4.69, 9.17) is 0 Å². The van der Waals surface area contributed by atoms with Crippen molar-refractivity contribution < 1.29 is 0 Å². The van der Waals surface area contributed by atoms with Gasteiger partial charge in [-0.15, -0.1) is 0 Å². The molecule has 1 heterocycles. The summed E-state index contributed by atoms with van der Waals surface area (Å²) in [5.74, 6) is 0. The summed E-state index contributed by atoms with van der Waals surface area (Å²) in [6, 6.07) is 3.58. The van der Waals surface area contributed by atoms with Crippen LogP contribution in [-0.4, -0.2) is 9.97 Å². The fourth-order valence-corrected chi connectivity index (χ4v) is 1.48. The van der Waals surface area contributed by atoms with Crippen LogP contribution in [0, 0.1) is 13.8 Å². The standard InChI is InChI=1S/C10H10N2O2/c1-5-3-4-7-8(6(5)2)11-10(14)12-9(7)13/h3-4H,1-2H3,(H2,11,12,13,14). The van der Waals surface area contributed by atoms with E-state index in [-0.39, 0.29) is 5.56 Å². The second kappa shape index (κ2) is 2.83. The van der Waals surface area contributed by atoms with Crippen LogP contribution in [0.1, 0.15) is 11.1 Å². The number of rotatable bonds is 0. The summed E-state index contributed by atoms with van der Waals surface area (Å²) in [6.45, 7) is 3.82. The zero-order valence-corrected chi connectivity index (χ0v) is 7.97. The minimum Gasteiger partial charge on any atom is -0.307 e. The first-order valence-corrected chi connectivity index (χ1v) is 4.32. The van der Waals surface area contributed by atoms with Gasteiger partial charge in [0.2, 0.25) is 0 Å². The highest BCUT2D eigenvalue weighted by Crippen LogP contribution is 2.14. The van der Waals surface area contributed by atoms with Crippen molar-refractivity contribution in [1.82, 2.24) is 9.97 Å². The fourth-order valence-electron chi connectivity index (χ4n) is 1.48. The van der Waals surface area contributed by atoms with Crippen molar-refractivity contribution in [3.8, 4) is 0 Å². The van der Waals surface area contributed by atoms with Crippen LogP contribution >= 0.6 is 0 Å². The van der Waals surface area contributed by atoms with Crippen molar-refractivity contribution in [3.05, 3.63) is 44.1 Å². The molecule has 0 aliphatic rings. The van der Waals surface area contributed by atoms with Gasteiger partial charge in [-0.1, -0.05) is 6.07 Å². The molecule has 72 valence electrons. The summed E-state index contributed by atoms with van der Waals surface area (Å²) in [4.78, 5) is 27.3. The lowest BCUT2D eigenvalue weighted by atomic mass is 10.1. The molecule has 0 atom stereocenters. The monoisotopic (exact) mass is 190 g/mol. The molecule has 2 N–H and O–H groups in total. The molecule has 2 rings (SSSR count). The van der Waals surface area contributed by atoms with Gasteiger partial charge in [-0.05, 0) is 31.0 Å². The molecule has 0 saturated carbocycles. The van der Waals surface area contributed by atoms with Gasteiger partial charge in [0.15, 0.2) is 0 Å². The number of nitrogens with one attached hydrogen (secondary N) is 2. The van der Waals surface area contributed by atoms with Gasteiger partial charge in [0, 0.05) is 0 Å². The molecule has 1 aromatic carbocycles. The Morgan fingerprint density at radius 1 is 1.07 bits per heavy atom. The van der Waals surface area contributed by atoms with E-state index in [1.54, 1.807) is 6.07 Å². The van der Waals surface area contributed by atoms with Crippen molar-refractivity contribution in [2.75, 3.05) is 0 Å². The first-order valence-electron chi connectivity index (χ1n) is 4.32. The highest BCUT2D eigenvalue weighted by Gasteiger charge is 2.04. The smallest absolute Gasteiger partial charge is 0.307 e. The third-order valence-corrected chi connectivity index (χ3v) is 2.45. The fraction of sp³-hybridized carbons (Fsp3) is 0.200. The average Bonchev–Trinajstić information content (AvgIpc) is 2.12. The van der Waals surface area contributed by atoms with E-state index in [0.29, 0.717) is 10.9 Å². The molecule has 0 aliphatic heterocycles. The van der Waals surface area contributed by atoms with E-state index in [1.807, 2.05) is 19.9 Å². The Labute approximate surface area is 79.6 Å². The van der Waals surface area contributed by atoms with Gasteiger partial charge in [-0.25, -0.2) is 4.79 Å². The Bertz CT molecular complexity index is 608. The Morgan fingerprint density at radius 3 is 2.50 bits per heavy atom. The van der Waals surface area contributed by atoms with Crippen molar-refractivity contribution in [2.45, 2.75) is 13.8 Å². The largest absolute Gasteiger partial charge is 0.326 e. The minimum atomic E-state index is -0.462. The number of benzene rings is 1. The highest BCUT2D eigenvalue weighted by atomic mass is 16.2. The Morgan fingerprint density at radius 2 is 1.79 bits per heavy atom. The first-order chi connectivity index (χ1) is 6.59. The molecular formula is C10H10N2O2. The van der Waals surface area contributed by atoms with Gasteiger partial charge in [0.05, 0.1) is 10.9 Å². The van der Waals surface area contributed by atoms with Gasteiger partial charge in [0.25, 0.3) is 5.56 Å². The molecule has 0 spiro atoms. The van der Waals surface area contributed by atoms with Crippen molar-refractivity contribution >= 4 is 10.9 Å². The van der Waals surface area contributed by atoms with Crippen LogP contribution in [0.2, 0.25) is 0 Å². The summed E-state index contributed by atoms with van der Waals surface area (Å²) in [5, 5.41) is 0.521. The van der Waals surface area contributed by atoms with Crippen LogP contribution < -0.4 is 11.2 Å². The van der Waals surface area contributed by atoms with Crippen LogP contribution in [0.5, 0.6) is 0 Å². The number of aryl methyl sites for hydroxylation is 2. The summed E-state index contributed by atoms with van der Waals surface area (Å²) in [6.07, 6.45) is 0. The van der Waals surface area contributed by atoms with Crippen molar-refractivity contribution in [3.63, 3.8) is 0 Å². The van der Waals surface area contributed by atoms with Crippen LogP contribution in [0.3, 0.4) is 0 Å². The van der Waals surface area contributed by atoms with E-state index in [0.717, 1.165) is 11.1 Å². The molecule has 4 heteroatoms. The van der Waals surface area contributed by atoms with Crippen molar-refractivity contribution in [1.29, 1.82) is 0 Å². The van der Waals surface area contributed by atoms with Gasteiger partial charge in [-0.3, -0.25) is 9.78 Å². The maximum Gasteiger partial charge on any atom is 0.326 e. The van der Waals surface area contributed by atoms with Gasteiger partial charge >= 0.3 is 5.69 Å². The number of aromatic amines is 2. The second-order valence-electron chi connectivity index (χ2n) is 3.34. The normalized spacial score (nSPS) is 10.7. The lowest BCUT2D eigenvalue weighted by molar-refractivity contribution is 1.07. The average molecular weight is 190 g/mol. The quantitative estimate of drug-likeness (QED) is 0.646. The highest BCUT2D eigenvalue weighted by molar-refractivity contribution is 5.81. The van der Waals surface area contributed by atoms with Gasteiger partial charge in [-0.2, -0.15) is 0 Å². The van der Waals surface area contributed by atoms with Gasteiger partial charge in [0.1, 0.15) is 0 Å².